The van der Waals surface area contributed by atoms with Crippen LogP contribution in [-0.2, 0) is 25.7 Å². The molecule has 2 aliphatic heterocycles. The normalized spacial score (nSPS) is 19.9. The van der Waals surface area contributed by atoms with Gasteiger partial charge in [-0.05, 0) is 37.6 Å². The van der Waals surface area contributed by atoms with Crippen LogP contribution < -0.4 is 5.32 Å². The Bertz CT molecular complexity index is 1150. The number of urea groups is 1. The molecule has 0 radical (unpaired) electrons. The summed E-state index contributed by atoms with van der Waals surface area (Å²) in [4.78, 5) is 29.0. The van der Waals surface area contributed by atoms with E-state index < -0.39 is 23.6 Å². The highest BCUT2D eigenvalue weighted by atomic mass is 19.4. The van der Waals surface area contributed by atoms with Crippen LogP contribution in [0.4, 0.5) is 28.0 Å². The molecular weight excluding hydrogens is 442 g/mol. The molecule has 33 heavy (non-hydrogen) atoms. The van der Waals surface area contributed by atoms with Crippen LogP contribution in [0.15, 0.2) is 29.8 Å². The fourth-order valence-corrected chi connectivity index (χ4v) is 4.22. The number of halogens is 4. The summed E-state index contributed by atoms with van der Waals surface area (Å²) >= 11 is 0. The van der Waals surface area contributed by atoms with Crippen LogP contribution in [0.1, 0.15) is 41.2 Å². The number of carbonyl (C=O) groups is 2. The molecule has 176 valence electrons. The number of anilines is 1. The Balaban J connectivity index is 1.62. The topological polar surface area (TPSA) is 70.5 Å². The van der Waals surface area contributed by atoms with Crippen LogP contribution >= 0.6 is 0 Å². The lowest BCUT2D eigenvalue weighted by atomic mass is 9.99. The zero-order valence-corrected chi connectivity index (χ0v) is 18.3. The molecule has 0 aliphatic carbocycles. The molecule has 0 fully saturated rings. The summed E-state index contributed by atoms with van der Waals surface area (Å²) in [6, 6.07) is 1.35. The molecule has 2 aromatic rings. The Hall–Kier alpha value is -3.37. The Morgan fingerprint density at radius 3 is 2.64 bits per heavy atom. The van der Waals surface area contributed by atoms with Gasteiger partial charge in [-0.1, -0.05) is 6.08 Å². The third-order valence-electron chi connectivity index (χ3n) is 6.02. The summed E-state index contributed by atoms with van der Waals surface area (Å²) in [5.74, 6) is -1.62. The molecule has 1 atom stereocenters. The van der Waals surface area contributed by atoms with Crippen molar-refractivity contribution in [2.75, 3.05) is 18.9 Å². The highest BCUT2D eigenvalue weighted by Crippen LogP contribution is 2.34. The van der Waals surface area contributed by atoms with Crippen molar-refractivity contribution < 1.29 is 27.2 Å². The number of alkyl halides is 3. The van der Waals surface area contributed by atoms with E-state index in [-0.39, 0.29) is 24.2 Å². The third-order valence-corrected chi connectivity index (χ3v) is 6.02. The average molecular weight is 465 g/mol. The molecule has 3 amide bonds. The lowest BCUT2D eigenvalue weighted by Gasteiger charge is -2.33. The minimum Gasteiger partial charge on any atom is -0.336 e. The third kappa shape index (κ3) is 4.19. The minimum atomic E-state index is -4.88. The molecule has 1 N–H and O–H groups in total. The monoisotopic (exact) mass is 465 g/mol. The van der Waals surface area contributed by atoms with Crippen molar-refractivity contribution in [3.8, 4) is 0 Å². The number of nitrogens with one attached hydrogen (secondary N) is 1. The summed E-state index contributed by atoms with van der Waals surface area (Å²) in [5.41, 5.74) is 1.17. The summed E-state index contributed by atoms with van der Waals surface area (Å²) in [6.07, 6.45) is -2.55. The van der Waals surface area contributed by atoms with E-state index >= 15 is 0 Å². The average Bonchev–Trinajstić information content (AvgIpc) is 3.02. The quantitative estimate of drug-likeness (QED) is 0.510. The van der Waals surface area contributed by atoms with Crippen molar-refractivity contribution in [1.29, 1.82) is 0 Å². The molecule has 2 aliphatic rings. The van der Waals surface area contributed by atoms with Gasteiger partial charge in [0.2, 0.25) is 0 Å². The van der Waals surface area contributed by atoms with E-state index in [0.717, 1.165) is 17.3 Å². The Kier molecular flexibility index (Phi) is 5.67. The number of aromatic nitrogens is 2. The van der Waals surface area contributed by atoms with E-state index in [0.29, 0.717) is 42.9 Å². The van der Waals surface area contributed by atoms with Crippen molar-refractivity contribution in [3.63, 3.8) is 0 Å². The number of fused-ring (bicyclic) bond motifs is 3. The minimum absolute atomic E-state index is 0.0791. The highest BCUT2D eigenvalue weighted by molar-refractivity contribution is 5.95. The number of benzene rings is 1. The molecule has 0 unspecified atom stereocenters. The van der Waals surface area contributed by atoms with Crippen LogP contribution in [0.5, 0.6) is 0 Å². The number of carbonyl (C=O) groups excluding carboxylic acids is 2. The first-order valence-electron chi connectivity index (χ1n) is 10.4. The van der Waals surface area contributed by atoms with Crippen molar-refractivity contribution in [2.45, 2.75) is 45.6 Å². The van der Waals surface area contributed by atoms with Gasteiger partial charge in [0.25, 0.3) is 5.91 Å². The van der Waals surface area contributed by atoms with E-state index in [2.05, 4.69) is 10.4 Å². The van der Waals surface area contributed by atoms with Gasteiger partial charge in [-0.2, -0.15) is 18.3 Å². The van der Waals surface area contributed by atoms with Crippen molar-refractivity contribution in [2.24, 2.45) is 0 Å². The smallest absolute Gasteiger partial charge is 0.336 e. The molecule has 7 nitrogen and oxygen atoms in total. The molecule has 0 spiro atoms. The molecule has 3 heterocycles. The molecule has 4 rings (SSSR count). The number of hydrogen-bond acceptors (Lipinski definition) is 3. The fraction of sp³-hybridized carbons (Fsp3) is 0.409. The number of hydrogen-bond donors (Lipinski definition) is 1. The number of rotatable bonds is 1. The summed E-state index contributed by atoms with van der Waals surface area (Å²) in [5, 5.41) is 7.04. The maximum atomic E-state index is 13.6. The first-order valence-corrected chi connectivity index (χ1v) is 10.4. The Morgan fingerprint density at radius 1 is 1.24 bits per heavy atom. The Morgan fingerprint density at radius 2 is 1.97 bits per heavy atom. The SMILES string of the molecule is C/C=C1/CN(C)C(=O)c2c3c(nn2C1)C[C@@H](C)N(C(=O)Nc1ccc(F)c(C(F)(F)F)c1)C3. The second-order valence-corrected chi connectivity index (χ2v) is 8.34. The number of nitrogens with zero attached hydrogens (tertiary/aromatic N) is 4. The lowest BCUT2D eigenvalue weighted by molar-refractivity contribution is -0.139. The van der Waals surface area contributed by atoms with Crippen LogP contribution in [0.25, 0.3) is 0 Å². The maximum absolute atomic E-state index is 13.6. The van der Waals surface area contributed by atoms with Gasteiger partial charge in [-0.15, -0.1) is 0 Å². The number of amides is 3. The summed E-state index contributed by atoms with van der Waals surface area (Å²) in [7, 11) is 1.70. The largest absolute Gasteiger partial charge is 0.419 e. The standard InChI is InChI=1S/C22H23F4N5O2/c1-4-13-9-29(3)20(32)19-15-11-30(12(2)7-18(15)28-31(19)10-13)21(33)27-14-5-6-17(23)16(8-14)22(24,25)26/h4-6,8,12H,7,9-11H2,1-3H3,(H,27,33)/b13-4-/t12-/m1/s1. The highest BCUT2D eigenvalue weighted by Gasteiger charge is 2.37. The van der Waals surface area contributed by atoms with E-state index in [1.165, 1.54) is 4.90 Å². The molecule has 0 saturated heterocycles. The first kappa shape index (κ1) is 22.8. The summed E-state index contributed by atoms with van der Waals surface area (Å²) in [6.45, 7) is 4.71. The van der Waals surface area contributed by atoms with E-state index in [1.54, 1.807) is 23.6 Å². The fourth-order valence-electron chi connectivity index (χ4n) is 4.22. The van der Waals surface area contributed by atoms with Gasteiger partial charge in [0, 0.05) is 37.3 Å². The van der Waals surface area contributed by atoms with Gasteiger partial charge in [-0.25, -0.2) is 9.18 Å². The molecule has 11 heteroatoms. The van der Waals surface area contributed by atoms with Gasteiger partial charge in [-0.3, -0.25) is 9.48 Å². The van der Waals surface area contributed by atoms with Crippen molar-refractivity contribution >= 4 is 17.6 Å². The molecule has 1 aromatic carbocycles. The molecule has 0 saturated carbocycles. The molecule has 0 bridgehead atoms. The second-order valence-electron chi connectivity index (χ2n) is 8.34. The van der Waals surface area contributed by atoms with Gasteiger partial charge in [0.15, 0.2) is 0 Å². The van der Waals surface area contributed by atoms with E-state index in [4.69, 9.17) is 0 Å². The van der Waals surface area contributed by atoms with Gasteiger partial charge < -0.3 is 15.1 Å². The van der Waals surface area contributed by atoms with Crippen LogP contribution in [0.2, 0.25) is 0 Å². The van der Waals surface area contributed by atoms with Crippen LogP contribution in [-0.4, -0.2) is 51.2 Å². The predicted molar refractivity (Wildman–Crippen MR) is 112 cm³/mol. The zero-order valence-electron chi connectivity index (χ0n) is 18.3. The van der Waals surface area contributed by atoms with Crippen LogP contribution in [0.3, 0.4) is 0 Å². The number of likely N-dealkylation sites (N-methyl/N-ethyl adjacent to an activating group) is 1. The first-order chi connectivity index (χ1) is 15.5. The molecule has 1 aromatic heterocycles. The van der Waals surface area contributed by atoms with E-state index in [1.807, 2.05) is 13.0 Å². The van der Waals surface area contributed by atoms with Crippen molar-refractivity contribution in [3.05, 3.63) is 58.2 Å². The predicted octanol–water partition coefficient (Wildman–Crippen LogP) is 4.05. The molecular formula is C22H23F4N5O2. The second kappa shape index (κ2) is 8.20. The lowest BCUT2D eigenvalue weighted by Crippen LogP contribution is -2.45. The zero-order chi connectivity index (χ0) is 24.1. The number of allylic oxidation sites excluding steroid dienone is 1. The van der Waals surface area contributed by atoms with Crippen LogP contribution in [0, 0.1) is 5.82 Å². The van der Waals surface area contributed by atoms with E-state index in [9.17, 15) is 27.2 Å². The Labute approximate surface area is 187 Å². The van der Waals surface area contributed by atoms with Gasteiger partial charge >= 0.3 is 12.2 Å². The van der Waals surface area contributed by atoms with Gasteiger partial charge in [0.05, 0.1) is 24.3 Å². The van der Waals surface area contributed by atoms with Crippen molar-refractivity contribution in [1.82, 2.24) is 19.6 Å². The van der Waals surface area contributed by atoms with Gasteiger partial charge in [0.1, 0.15) is 11.5 Å². The maximum Gasteiger partial charge on any atom is 0.419 e. The summed E-state index contributed by atoms with van der Waals surface area (Å²) < 4.78 is 54.3.